The maximum Gasteiger partial charge on any atom is 0.127 e. The van der Waals surface area contributed by atoms with Gasteiger partial charge in [-0.05, 0) is 43.7 Å². The van der Waals surface area contributed by atoms with E-state index in [1.54, 1.807) is 0 Å². The lowest BCUT2D eigenvalue weighted by Gasteiger charge is -2.11. The van der Waals surface area contributed by atoms with E-state index in [-0.39, 0.29) is 0 Å². The SMILES string of the molecule is c1ccc2c(OCCCCNCC3CCCO3)cccc2c1. The van der Waals surface area contributed by atoms with Gasteiger partial charge in [0.25, 0.3) is 0 Å². The summed E-state index contributed by atoms with van der Waals surface area (Å²) in [6.07, 6.45) is 5.06. The van der Waals surface area contributed by atoms with Gasteiger partial charge in [-0.1, -0.05) is 36.4 Å². The Morgan fingerprint density at radius 2 is 2.00 bits per heavy atom. The van der Waals surface area contributed by atoms with Gasteiger partial charge < -0.3 is 14.8 Å². The first kappa shape index (κ1) is 15.3. The smallest absolute Gasteiger partial charge is 0.127 e. The van der Waals surface area contributed by atoms with Gasteiger partial charge in [-0.15, -0.1) is 0 Å². The second kappa shape index (κ2) is 8.16. The number of hydrogen-bond donors (Lipinski definition) is 1. The van der Waals surface area contributed by atoms with Crippen molar-refractivity contribution in [2.75, 3.05) is 26.3 Å². The predicted octanol–water partition coefficient (Wildman–Crippen LogP) is 3.77. The molecule has 118 valence electrons. The van der Waals surface area contributed by atoms with Crippen LogP contribution in [-0.2, 0) is 4.74 Å². The van der Waals surface area contributed by atoms with E-state index < -0.39 is 0 Å². The monoisotopic (exact) mass is 299 g/mol. The Morgan fingerprint density at radius 3 is 2.91 bits per heavy atom. The topological polar surface area (TPSA) is 30.5 Å². The Bertz CT molecular complexity index is 573. The van der Waals surface area contributed by atoms with Crippen LogP contribution < -0.4 is 10.1 Å². The van der Waals surface area contributed by atoms with Crippen molar-refractivity contribution in [1.29, 1.82) is 0 Å². The summed E-state index contributed by atoms with van der Waals surface area (Å²) < 4.78 is 11.5. The molecule has 3 nitrogen and oxygen atoms in total. The lowest BCUT2D eigenvalue weighted by Crippen LogP contribution is -2.27. The van der Waals surface area contributed by atoms with Gasteiger partial charge in [-0.25, -0.2) is 0 Å². The number of fused-ring (bicyclic) bond motifs is 1. The summed E-state index contributed by atoms with van der Waals surface area (Å²) in [6, 6.07) is 14.6. The van der Waals surface area contributed by atoms with Crippen LogP contribution in [0.4, 0.5) is 0 Å². The standard InChI is InChI=1S/C19H25NO2/c1-2-10-18-16(7-1)8-5-11-19(18)22-13-4-3-12-20-15-17-9-6-14-21-17/h1-2,5,7-8,10-11,17,20H,3-4,6,9,12-15H2. The highest BCUT2D eigenvalue weighted by atomic mass is 16.5. The van der Waals surface area contributed by atoms with E-state index in [9.17, 15) is 0 Å². The Balaban J connectivity index is 1.34. The van der Waals surface area contributed by atoms with Gasteiger partial charge in [0.15, 0.2) is 0 Å². The van der Waals surface area contributed by atoms with E-state index in [2.05, 4.69) is 47.8 Å². The molecule has 2 aromatic rings. The highest BCUT2D eigenvalue weighted by Gasteiger charge is 2.13. The summed E-state index contributed by atoms with van der Waals surface area (Å²) in [4.78, 5) is 0. The average Bonchev–Trinajstić information content (AvgIpc) is 3.07. The van der Waals surface area contributed by atoms with Gasteiger partial charge in [-0.2, -0.15) is 0 Å². The lowest BCUT2D eigenvalue weighted by molar-refractivity contribution is 0.110. The van der Waals surface area contributed by atoms with Crippen LogP contribution in [0, 0.1) is 0 Å². The van der Waals surface area contributed by atoms with E-state index in [1.165, 1.54) is 23.6 Å². The van der Waals surface area contributed by atoms with Crippen molar-refractivity contribution in [2.24, 2.45) is 0 Å². The molecule has 1 aliphatic rings. The molecule has 3 heteroatoms. The zero-order chi connectivity index (χ0) is 15.0. The molecule has 0 aromatic heterocycles. The van der Waals surface area contributed by atoms with E-state index in [4.69, 9.17) is 9.47 Å². The van der Waals surface area contributed by atoms with Crippen molar-refractivity contribution in [3.8, 4) is 5.75 Å². The highest BCUT2D eigenvalue weighted by molar-refractivity contribution is 5.88. The third-order valence-corrected chi connectivity index (χ3v) is 4.15. The molecule has 1 aliphatic heterocycles. The molecule has 1 N–H and O–H groups in total. The molecule has 0 saturated carbocycles. The summed E-state index contributed by atoms with van der Waals surface area (Å²) in [5, 5.41) is 5.91. The number of nitrogens with one attached hydrogen (secondary N) is 1. The van der Waals surface area contributed by atoms with Gasteiger partial charge in [0.1, 0.15) is 5.75 Å². The Kier molecular flexibility index (Phi) is 5.68. The molecule has 0 bridgehead atoms. The Morgan fingerprint density at radius 1 is 1.09 bits per heavy atom. The Labute approximate surface area is 132 Å². The van der Waals surface area contributed by atoms with Gasteiger partial charge in [0.05, 0.1) is 12.7 Å². The minimum absolute atomic E-state index is 0.437. The largest absolute Gasteiger partial charge is 0.493 e. The van der Waals surface area contributed by atoms with Crippen molar-refractivity contribution >= 4 is 10.8 Å². The molecule has 22 heavy (non-hydrogen) atoms. The number of benzene rings is 2. The number of rotatable bonds is 8. The fourth-order valence-electron chi connectivity index (χ4n) is 2.92. The summed E-state index contributed by atoms with van der Waals surface area (Å²) >= 11 is 0. The van der Waals surface area contributed by atoms with Crippen molar-refractivity contribution in [3.63, 3.8) is 0 Å². The quantitative estimate of drug-likeness (QED) is 0.753. The molecular formula is C19H25NO2. The van der Waals surface area contributed by atoms with Crippen LogP contribution in [0.3, 0.4) is 0 Å². The molecule has 1 atom stereocenters. The average molecular weight is 299 g/mol. The second-order valence-corrected chi connectivity index (χ2v) is 5.87. The van der Waals surface area contributed by atoms with Crippen LogP contribution >= 0.6 is 0 Å². The van der Waals surface area contributed by atoms with Crippen LogP contribution in [0.15, 0.2) is 42.5 Å². The lowest BCUT2D eigenvalue weighted by atomic mass is 10.1. The molecular weight excluding hydrogens is 274 g/mol. The maximum atomic E-state index is 5.95. The van der Waals surface area contributed by atoms with Crippen LogP contribution in [0.1, 0.15) is 25.7 Å². The first-order chi connectivity index (χ1) is 10.9. The summed E-state index contributed by atoms with van der Waals surface area (Å²) in [5.41, 5.74) is 0. The minimum Gasteiger partial charge on any atom is -0.493 e. The first-order valence-electron chi connectivity index (χ1n) is 8.36. The van der Waals surface area contributed by atoms with Gasteiger partial charge in [0.2, 0.25) is 0 Å². The fraction of sp³-hybridized carbons (Fsp3) is 0.474. The predicted molar refractivity (Wildman–Crippen MR) is 90.5 cm³/mol. The van der Waals surface area contributed by atoms with Crippen LogP contribution in [0.5, 0.6) is 5.75 Å². The molecule has 0 radical (unpaired) electrons. The molecule has 1 unspecified atom stereocenters. The van der Waals surface area contributed by atoms with E-state index in [0.717, 1.165) is 44.9 Å². The van der Waals surface area contributed by atoms with Crippen molar-refractivity contribution in [2.45, 2.75) is 31.8 Å². The summed E-state index contributed by atoms with van der Waals surface area (Å²) in [5.74, 6) is 0.991. The highest BCUT2D eigenvalue weighted by Crippen LogP contribution is 2.25. The second-order valence-electron chi connectivity index (χ2n) is 5.87. The summed E-state index contributed by atoms with van der Waals surface area (Å²) in [6.45, 7) is 3.74. The third kappa shape index (κ3) is 4.21. The Hall–Kier alpha value is -1.58. The molecule has 0 aliphatic carbocycles. The third-order valence-electron chi connectivity index (χ3n) is 4.15. The fourth-order valence-corrected chi connectivity index (χ4v) is 2.92. The molecule has 3 rings (SSSR count). The van der Waals surface area contributed by atoms with Crippen molar-refractivity contribution in [1.82, 2.24) is 5.32 Å². The minimum atomic E-state index is 0.437. The molecule has 1 fully saturated rings. The molecule has 2 aromatic carbocycles. The zero-order valence-corrected chi connectivity index (χ0v) is 13.1. The van der Waals surface area contributed by atoms with E-state index >= 15 is 0 Å². The van der Waals surface area contributed by atoms with E-state index in [0.29, 0.717) is 6.10 Å². The van der Waals surface area contributed by atoms with Gasteiger partial charge in [-0.3, -0.25) is 0 Å². The molecule has 0 spiro atoms. The molecule has 1 heterocycles. The van der Waals surface area contributed by atoms with Crippen molar-refractivity contribution < 1.29 is 9.47 Å². The normalized spacial score (nSPS) is 17.9. The number of unbranched alkanes of at least 4 members (excludes halogenated alkanes) is 1. The van der Waals surface area contributed by atoms with Crippen LogP contribution in [0.25, 0.3) is 10.8 Å². The number of hydrogen-bond acceptors (Lipinski definition) is 3. The summed E-state index contributed by atoms with van der Waals surface area (Å²) in [7, 11) is 0. The molecule has 0 amide bonds. The van der Waals surface area contributed by atoms with Crippen LogP contribution in [-0.4, -0.2) is 32.4 Å². The van der Waals surface area contributed by atoms with Crippen LogP contribution in [0.2, 0.25) is 0 Å². The van der Waals surface area contributed by atoms with E-state index in [1.807, 2.05) is 0 Å². The maximum absolute atomic E-state index is 5.95. The zero-order valence-electron chi connectivity index (χ0n) is 13.1. The number of ether oxygens (including phenoxy) is 2. The first-order valence-corrected chi connectivity index (χ1v) is 8.36. The molecule has 1 saturated heterocycles. The van der Waals surface area contributed by atoms with Gasteiger partial charge in [0, 0.05) is 18.5 Å². The van der Waals surface area contributed by atoms with Gasteiger partial charge >= 0.3 is 0 Å². The van der Waals surface area contributed by atoms with Crippen molar-refractivity contribution in [3.05, 3.63) is 42.5 Å².